The van der Waals surface area contributed by atoms with Crippen LogP contribution in [-0.4, -0.2) is 28.5 Å². The van der Waals surface area contributed by atoms with Crippen molar-refractivity contribution in [3.05, 3.63) is 59.5 Å². The molecule has 3 aromatic rings. The largest absolute Gasteiger partial charge is 0.339 e. The Kier molecular flexibility index (Phi) is 5.35. The molecule has 0 saturated carbocycles. The van der Waals surface area contributed by atoms with E-state index in [-0.39, 0.29) is 18.2 Å². The van der Waals surface area contributed by atoms with Crippen LogP contribution < -0.4 is 10.2 Å². The number of benzene rings is 2. The number of hydrogen-bond acceptors (Lipinski definition) is 5. The molecular formula is C23H24N4O3. The van der Waals surface area contributed by atoms with Crippen LogP contribution in [0.15, 0.2) is 47.0 Å². The molecule has 1 aromatic heterocycles. The first-order valence-corrected chi connectivity index (χ1v) is 10.1. The molecule has 0 bridgehead atoms. The number of aryl methyl sites for hydroxylation is 3. The van der Waals surface area contributed by atoms with Crippen molar-refractivity contribution in [1.29, 1.82) is 0 Å². The van der Waals surface area contributed by atoms with Crippen molar-refractivity contribution in [2.75, 3.05) is 16.8 Å². The van der Waals surface area contributed by atoms with Crippen molar-refractivity contribution < 1.29 is 14.1 Å². The lowest BCUT2D eigenvalue weighted by Gasteiger charge is -2.18. The van der Waals surface area contributed by atoms with Gasteiger partial charge in [0.25, 0.3) is 0 Å². The predicted molar refractivity (Wildman–Crippen MR) is 114 cm³/mol. The predicted octanol–water partition coefficient (Wildman–Crippen LogP) is 3.91. The van der Waals surface area contributed by atoms with Crippen LogP contribution in [0.2, 0.25) is 0 Å². The van der Waals surface area contributed by atoms with Gasteiger partial charge in [0.1, 0.15) is 0 Å². The number of rotatable bonds is 5. The van der Waals surface area contributed by atoms with E-state index >= 15 is 0 Å². The summed E-state index contributed by atoms with van der Waals surface area (Å²) in [6.07, 6.45) is 0.860. The van der Waals surface area contributed by atoms with Crippen LogP contribution >= 0.6 is 0 Å². The minimum absolute atomic E-state index is 0.0361. The minimum atomic E-state index is -0.403. The summed E-state index contributed by atoms with van der Waals surface area (Å²) in [5.74, 6) is 0.440. The van der Waals surface area contributed by atoms with E-state index in [9.17, 15) is 9.59 Å². The highest BCUT2D eigenvalue weighted by Gasteiger charge is 2.35. The number of aromatic nitrogens is 2. The minimum Gasteiger partial charge on any atom is -0.339 e. The zero-order valence-corrected chi connectivity index (χ0v) is 17.3. The van der Waals surface area contributed by atoms with Gasteiger partial charge >= 0.3 is 0 Å². The Balaban J connectivity index is 1.46. The first-order chi connectivity index (χ1) is 14.4. The Hall–Kier alpha value is -3.48. The highest BCUT2D eigenvalue weighted by atomic mass is 16.5. The van der Waals surface area contributed by atoms with Crippen molar-refractivity contribution in [3.63, 3.8) is 0 Å². The fourth-order valence-corrected chi connectivity index (χ4v) is 3.52. The third-order valence-electron chi connectivity index (χ3n) is 5.46. The quantitative estimate of drug-likeness (QED) is 0.697. The van der Waals surface area contributed by atoms with Crippen molar-refractivity contribution in [1.82, 2.24) is 10.1 Å². The maximum absolute atomic E-state index is 12.8. The Bertz CT molecular complexity index is 1110. The molecule has 0 spiro atoms. The van der Waals surface area contributed by atoms with Crippen molar-refractivity contribution >= 4 is 23.2 Å². The summed E-state index contributed by atoms with van der Waals surface area (Å²) < 4.78 is 5.16. The normalized spacial score (nSPS) is 16.2. The average Bonchev–Trinajstić information content (AvgIpc) is 3.37. The molecule has 2 aromatic carbocycles. The molecule has 1 saturated heterocycles. The average molecular weight is 404 g/mol. The highest BCUT2D eigenvalue weighted by molar-refractivity contribution is 6.03. The molecule has 1 aliphatic heterocycles. The van der Waals surface area contributed by atoms with Gasteiger partial charge < -0.3 is 14.7 Å². The molecule has 0 aliphatic carbocycles. The monoisotopic (exact) mass is 404 g/mol. The van der Waals surface area contributed by atoms with Crippen LogP contribution in [0.3, 0.4) is 0 Å². The van der Waals surface area contributed by atoms with Gasteiger partial charge in [-0.2, -0.15) is 4.98 Å². The van der Waals surface area contributed by atoms with Crippen molar-refractivity contribution in [2.45, 2.75) is 33.6 Å². The summed E-state index contributed by atoms with van der Waals surface area (Å²) in [6, 6.07) is 13.2. The molecule has 4 rings (SSSR count). The number of carbonyl (C=O) groups excluding carboxylic acids is 2. The highest BCUT2D eigenvalue weighted by Crippen LogP contribution is 2.28. The van der Waals surface area contributed by atoms with Gasteiger partial charge in [-0.1, -0.05) is 30.3 Å². The molecule has 0 radical (unpaired) electrons. The Morgan fingerprint density at radius 1 is 1.20 bits per heavy atom. The Labute approximate surface area is 175 Å². The molecule has 1 N–H and O–H groups in total. The fourth-order valence-electron chi connectivity index (χ4n) is 3.52. The molecule has 1 aliphatic rings. The second-order valence-electron chi connectivity index (χ2n) is 7.61. The zero-order chi connectivity index (χ0) is 21.3. The summed E-state index contributed by atoms with van der Waals surface area (Å²) in [7, 11) is 0. The van der Waals surface area contributed by atoms with E-state index < -0.39 is 5.92 Å². The van der Waals surface area contributed by atoms with E-state index in [1.54, 1.807) is 17.0 Å². The number of anilines is 2. The Morgan fingerprint density at radius 2 is 2.03 bits per heavy atom. The van der Waals surface area contributed by atoms with Gasteiger partial charge in [0.15, 0.2) is 0 Å². The molecule has 154 valence electrons. The third-order valence-corrected chi connectivity index (χ3v) is 5.46. The van der Waals surface area contributed by atoms with Crippen LogP contribution in [-0.2, 0) is 16.0 Å². The molecule has 1 unspecified atom stereocenters. The van der Waals surface area contributed by atoms with Crippen molar-refractivity contribution in [2.24, 2.45) is 5.92 Å². The van der Waals surface area contributed by atoms with E-state index in [1.165, 1.54) is 5.56 Å². The number of amides is 2. The van der Waals surface area contributed by atoms with Gasteiger partial charge in [0.2, 0.25) is 23.5 Å². The number of hydrogen-bond donors (Lipinski definition) is 1. The second-order valence-corrected chi connectivity index (χ2v) is 7.61. The van der Waals surface area contributed by atoms with Crippen LogP contribution in [0, 0.1) is 19.8 Å². The zero-order valence-electron chi connectivity index (χ0n) is 17.3. The lowest BCUT2D eigenvalue weighted by atomic mass is 10.1. The Morgan fingerprint density at radius 3 is 2.77 bits per heavy atom. The summed E-state index contributed by atoms with van der Waals surface area (Å²) >= 11 is 0. The number of nitrogens with one attached hydrogen (secondary N) is 1. The summed E-state index contributed by atoms with van der Waals surface area (Å²) in [4.78, 5) is 31.4. The molecule has 7 nitrogen and oxygen atoms in total. The topological polar surface area (TPSA) is 88.3 Å². The van der Waals surface area contributed by atoms with Gasteiger partial charge in [-0.25, -0.2) is 0 Å². The molecule has 2 heterocycles. The first kappa shape index (κ1) is 19.8. The number of carbonyl (C=O) groups is 2. The van der Waals surface area contributed by atoms with E-state index in [0.717, 1.165) is 16.8 Å². The van der Waals surface area contributed by atoms with Crippen LogP contribution in [0.1, 0.15) is 30.4 Å². The van der Waals surface area contributed by atoms with E-state index in [1.807, 2.05) is 51.1 Å². The van der Waals surface area contributed by atoms with Gasteiger partial charge in [-0.3, -0.25) is 9.59 Å². The van der Waals surface area contributed by atoms with Gasteiger partial charge in [-0.15, -0.1) is 0 Å². The molecule has 1 fully saturated rings. The maximum atomic E-state index is 12.8. The lowest BCUT2D eigenvalue weighted by Crippen LogP contribution is -2.28. The standard InChI is InChI=1S/C23H24N4O3/c1-4-20-25-22(26-30-20)16-6-5-7-18(11-16)24-23(29)17-12-21(28)27(13-17)19-9-8-14(2)15(3)10-19/h5-11,17H,4,12-13H2,1-3H3,(H,24,29). The molecule has 1 atom stereocenters. The van der Waals surface area contributed by atoms with Crippen LogP contribution in [0.25, 0.3) is 11.4 Å². The molecule has 2 amide bonds. The summed E-state index contributed by atoms with van der Waals surface area (Å²) in [5.41, 5.74) is 4.53. The van der Waals surface area contributed by atoms with Gasteiger partial charge in [0, 0.05) is 36.3 Å². The summed E-state index contributed by atoms with van der Waals surface area (Å²) in [6.45, 7) is 6.37. The molecule has 7 heteroatoms. The molecular weight excluding hydrogens is 380 g/mol. The van der Waals surface area contributed by atoms with Crippen LogP contribution in [0.5, 0.6) is 0 Å². The first-order valence-electron chi connectivity index (χ1n) is 10.1. The second kappa shape index (κ2) is 8.10. The SMILES string of the molecule is CCc1nc(-c2cccc(NC(=O)C3CC(=O)N(c4ccc(C)c(C)c4)C3)c2)no1. The fraction of sp³-hybridized carbons (Fsp3) is 0.304. The molecule has 30 heavy (non-hydrogen) atoms. The van der Waals surface area contributed by atoms with E-state index in [4.69, 9.17) is 4.52 Å². The van der Waals surface area contributed by atoms with Gasteiger partial charge in [0.05, 0.1) is 5.92 Å². The van der Waals surface area contributed by atoms with E-state index in [0.29, 0.717) is 30.4 Å². The number of nitrogens with zero attached hydrogens (tertiary/aromatic N) is 3. The smallest absolute Gasteiger partial charge is 0.229 e. The third kappa shape index (κ3) is 3.96. The lowest BCUT2D eigenvalue weighted by molar-refractivity contribution is -0.122. The van der Waals surface area contributed by atoms with E-state index in [2.05, 4.69) is 15.5 Å². The summed E-state index contributed by atoms with van der Waals surface area (Å²) in [5, 5.41) is 6.90. The van der Waals surface area contributed by atoms with Gasteiger partial charge in [-0.05, 0) is 49.2 Å². The van der Waals surface area contributed by atoms with Crippen LogP contribution in [0.4, 0.5) is 11.4 Å². The maximum Gasteiger partial charge on any atom is 0.229 e. The van der Waals surface area contributed by atoms with Crippen molar-refractivity contribution in [3.8, 4) is 11.4 Å².